The van der Waals surface area contributed by atoms with Crippen LogP contribution in [-0.4, -0.2) is 23.0 Å². The van der Waals surface area contributed by atoms with Crippen molar-refractivity contribution >= 4 is 34.0 Å². The molecule has 1 heterocycles. The van der Waals surface area contributed by atoms with Gasteiger partial charge in [0, 0.05) is 29.6 Å². The van der Waals surface area contributed by atoms with E-state index < -0.39 is 0 Å². The second-order valence-electron chi connectivity index (χ2n) is 6.50. The summed E-state index contributed by atoms with van der Waals surface area (Å²) >= 11 is 0. The minimum absolute atomic E-state index is 0.154. The Kier molecular flexibility index (Phi) is 5.07. The molecule has 144 valence electrons. The second kappa shape index (κ2) is 7.98. The molecule has 4 rings (SSSR count). The molecule has 6 heteroatoms. The van der Waals surface area contributed by atoms with E-state index in [-0.39, 0.29) is 5.91 Å². The van der Waals surface area contributed by atoms with Gasteiger partial charge < -0.3 is 15.4 Å². The number of fused-ring (bicyclic) bond motifs is 1. The largest absolute Gasteiger partial charge is 0.494 e. The van der Waals surface area contributed by atoms with E-state index in [0.717, 1.165) is 22.2 Å². The number of aromatic nitrogens is 2. The average Bonchev–Trinajstić information content (AvgIpc) is 2.75. The number of carbonyl (C=O) groups is 1. The first-order valence-electron chi connectivity index (χ1n) is 9.19. The molecule has 0 saturated carbocycles. The van der Waals surface area contributed by atoms with Crippen LogP contribution < -0.4 is 15.4 Å². The Morgan fingerprint density at radius 3 is 2.45 bits per heavy atom. The number of carbonyl (C=O) groups excluding carboxylic acids is 1. The minimum atomic E-state index is -0.154. The standard InChI is InChI=1S/C23H20N4O2/c1-15(28)24-20-13-12-17(14-21(20)29-2)25-23-18-10-6-7-11-19(18)26-22(27-23)16-8-4-3-5-9-16/h3-14H,1-2H3,(H,24,28)(H,25,26,27). The maximum Gasteiger partial charge on any atom is 0.221 e. The SMILES string of the molecule is COc1cc(Nc2nc(-c3ccccc3)nc3ccccc23)ccc1NC(C)=O. The number of ether oxygens (including phenoxy) is 1. The number of benzene rings is 3. The molecule has 0 fully saturated rings. The van der Waals surface area contributed by atoms with E-state index in [1.165, 1.54) is 6.92 Å². The summed E-state index contributed by atoms with van der Waals surface area (Å²) in [5.74, 6) is 1.75. The van der Waals surface area contributed by atoms with Crippen LogP contribution in [-0.2, 0) is 4.79 Å². The molecule has 0 bridgehead atoms. The molecule has 0 aliphatic rings. The summed E-state index contributed by atoms with van der Waals surface area (Å²) in [5.41, 5.74) is 3.20. The predicted molar refractivity (Wildman–Crippen MR) is 116 cm³/mol. The molecule has 2 N–H and O–H groups in total. The summed E-state index contributed by atoms with van der Waals surface area (Å²) in [6, 6.07) is 23.2. The third-order valence-corrected chi connectivity index (χ3v) is 4.41. The molecule has 0 unspecified atom stereocenters. The van der Waals surface area contributed by atoms with Gasteiger partial charge in [-0.3, -0.25) is 4.79 Å². The van der Waals surface area contributed by atoms with E-state index in [4.69, 9.17) is 14.7 Å². The van der Waals surface area contributed by atoms with Gasteiger partial charge in [-0.1, -0.05) is 42.5 Å². The Bertz CT molecular complexity index is 1180. The normalized spacial score (nSPS) is 10.6. The topological polar surface area (TPSA) is 76.1 Å². The highest BCUT2D eigenvalue weighted by Crippen LogP contribution is 2.32. The van der Waals surface area contributed by atoms with Gasteiger partial charge in [0.05, 0.1) is 18.3 Å². The van der Waals surface area contributed by atoms with Crippen LogP contribution in [0.15, 0.2) is 72.8 Å². The molecule has 3 aromatic carbocycles. The van der Waals surface area contributed by atoms with Gasteiger partial charge in [-0.25, -0.2) is 9.97 Å². The van der Waals surface area contributed by atoms with Crippen LogP contribution in [0, 0.1) is 0 Å². The second-order valence-corrected chi connectivity index (χ2v) is 6.50. The fourth-order valence-corrected chi connectivity index (χ4v) is 3.09. The Morgan fingerprint density at radius 1 is 0.931 bits per heavy atom. The van der Waals surface area contributed by atoms with Crippen LogP contribution >= 0.6 is 0 Å². The first kappa shape index (κ1) is 18.4. The van der Waals surface area contributed by atoms with Gasteiger partial charge in [-0.15, -0.1) is 0 Å². The fourth-order valence-electron chi connectivity index (χ4n) is 3.09. The molecule has 0 atom stereocenters. The number of rotatable bonds is 5. The zero-order valence-corrected chi connectivity index (χ0v) is 16.1. The van der Waals surface area contributed by atoms with Crippen LogP contribution in [0.5, 0.6) is 5.75 Å². The molecule has 0 saturated heterocycles. The van der Waals surface area contributed by atoms with Gasteiger partial charge in [0.25, 0.3) is 0 Å². The van der Waals surface area contributed by atoms with Crippen molar-refractivity contribution in [3.63, 3.8) is 0 Å². The van der Waals surface area contributed by atoms with Gasteiger partial charge in [-0.2, -0.15) is 0 Å². The number of anilines is 3. The first-order valence-corrected chi connectivity index (χ1v) is 9.19. The lowest BCUT2D eigenvalue weighted by molar-refractivity contribution is -0.114. The number of nitrogens with one attached hydrogen (secondary N) is 2. The first-order chi connectivity index (χ1) is 14.1. The average molecular weight is 384 g/mol. The van der Waals surface area contributed by atoms with Crippen molar-refractivity contribution in [1.29, 1.82) is 0 Å². The van der Waals surface area contributed by atoms with Crippen LogP contribution in [0.1, 0.15) is 6.92 Å². The Labute approximate surface area is 168 Å². The van der Waals surface area contributed by atoms with Gasteiger partial charge in [-0.05, 0) is 24.3 Å². The predicted octanol–water partition coefficient (Wildman–Crippen LogP) is 5.01. The molecule has 1 amide bonds. The Balaban J connectivity index is 1.77. The van der Waals surface area contributed by atoms with Crippen molar-refractivity contribution in [3.8, 4) is 17.1 Å². The smallest absolute Gasteiger partial charge is 0.221 e. The van der Waals surface area contributed by atoms with Crippen LogP contribution in [0.4, 0.5) is 17.2 Å². The van der Waals surface area contributed by atoms with Gasteiger partial charge in [0.15, 0.2) is 5.82 Å². The lowest BCUT2D eigenvalue weighted by Gasteiger charge is -2.14. The fraction of sp³-hybridized carbons (Fsp3) is 0.0870. The number of amides is 1. The van der Waals surface area contributed by atoms with Gasteiger partial charge in [0.2, 0.25) is 5.91 Å². The highest BCUT2D eigenvalue weighted by atomic mass is 16.5. The number of hydrogen-bond donors (Lipinski definition) is 2. The van der Waals surface area contributed by atoms with Crippen molar-refractivity contribution in [2.24, 2.45) is 0 Å². The molecule has 0 aliphatic carbocycles. The molecular weight excluding hydrogens is 364 g/mol. The maximum absolute atomic E-state index is 11.4. The number of nitrogens with zero attached hydrogens (tertiary/aromatic N) is 2. The Hall–Kier alpha value is -3.93. The van der Waals surface area contributed by atoms with Gasteiger partial charge in [0.1, 0.15) is 11.6 Å². The number of hydrogen-bond acceptors (Lipinski definition) is 5. The zero-order chi connectivity index (χ0) is 20.2. The molecule has 0 spiro atoms. The zero-order valence-electron chi connectivity index (χ0n) is 16.1. The molecule has 0 aliphatic heterocycles. The van der Waals surface area contributed by atoms with E-state index in [0.29, 0.717) is 23.1 Å². The molecule has 0 radical (unpaired) electrons. The van der Waals surface area contributed by atoms with Crippen molar-refractivity contribution in [1.82, 2.24) is 9.97 Å². The van der Waals surface area contributed by atoms with E-state index in [2.05, 4.69) is 10.6 Å². The highest BCUT2D eigenvalue weighted by molar-refractivity contribution is 5.93. The molecule has 1 aromatic heterocycles. The van der Waals surface area contributed by atoms with E-state index in [1.807, 2.05) is 66.7 Å². The summed E-state index contributed by atoms with van der Waals surface area (Å²) in [6.45, 7) is 1.46. The summed E-state index contributed by atoms with van der Waals surface area (Å²) in [5, 5.41) is 7.04. The van der Waals surface area contributed by atoms with Gasteiger partial charge >= 0.3 is 0 Å². The molecule has 6 nitrogen and oxygen atoms in total. The third-order valence-electron chi connectivity index (χ3n) is 4.41. The van der Waals surface area contributed by atoms with Crippen molar-refractivity contribution in [2.45, 2.75) is 6.92 Å². The van der Waals surface area contributed by atoms with E-state index in [1.54, 1.807) is 13.2 Å². The number of methoxy groups -OCH3 is 1. The monoisotopic (exact) mass is 384 g/mol. The summed E-state index contributed by atoms with van der Waals surface area (Å²) < 4.78 is 5.42. The van der Waals surface area contributed by atoms with Crippen LogP contribution in [0.25, 0.3) is 22.3 Å². The van der Waals surface area contributed by atoms with E-state index in [9.17, 15) is 4.79 Å². The number of para-hydroxylation sites is 1. The van der Waals surface area contributed by atoms with E-state index >= 15 is 0 Å². The summed E-state index contributed by atoms with van der Waals surface area (Å²) in [7, 11) is 1.57. The molecule has 4 aromatic rings. The highest BCUT2D eigenvalue weighted by Gasteiger charge is 2.11. The lowest BCUT2D eigenvalue weighted by Crippen LogP contribution is -2.07. The lowest BCUT2D eigenvalue weighted by atomic mass is 10.1. The van der Waals surface area contributed by atoms with Crippen LogP contribution in [0.2, 0.25) is 0 Å². The minimum Gasteiger partial charge on any atom is -0.494 e. The summed E-state index contributed by atoms with van der Waals surface area (Å²) in [4.78, 5) is 20.8. The molecular formula is C23H20N4O2. The molecule has 29 heavy (non-hydrogen) atoms. The quantitative estimate of drug-likeness (QED) is 0.506. The van der Waals surface area contributed by atoms with Crippen molar-refractivity contribution in [3.05, 3.63) is 72.8 Å². The van der Waals surface area contributed by atoms with Crippen molar-refractivity contribution < 1.29 is 9.53 Å². The van der Waals surface area contributed by atoms with Crippen LogP contribution in [0.3, 0.4) is 0 Å². The third kappa shape index (κ3) is 4.01. The summed E-state index contributed by atoms with van der Waals surface area (Å²) in [6.07, 6.45) is 0. The Morgan fingerprint density at radius 2 is 1.69 bits per heavy atom. The van der Waals surface area contributed by atoms with Crippen molar-refractivity contribution in [2.75, 3.05) is 17.7 Å². The maximum atomic E-state index is 11.4.